The van der Waals surface area contributed by atoms with Crippen LogP contribution in [0.4, 0.5) is 0 Å². The third-order valence-corrected chi connectivity index (χ3v) is 4.64. The molecular weight excluding hydrogens is 260 g/mol. The Labute approximate surface area is 125 Å². The second-order valence-corrected chi connectivity index (χ2v) is 5.51. The fourth-order valence-electron chi connectivity index (χ4n) is 3.40. The zero-order valence-electron chi connectivity index (χ0n) is 12.4. The SMILES string of the molecule is CCC1(CC)c2ccccc2Oc2cc(C(=N)N)ccc21. The molecule has 0 amide bonds. The smallest absolute Gasteiger partial charge is 0.132 e. The monoisotopic (exact) mass is 280 g/mol. The van der Waals surface area contributed by atoms with Crippen molar-refractivity contribution in [3.8, 4) is 11.5 Å². The van der Waals surface area contributed by atoms with Gasteiger partial charge in [-0.2, -0.15) is 0 Å². The minimum Gasteiger partial charge on any atom is -0.457 e. The highest BCUT2D eigenvalue weighted by atomic mass is 16.5. The molecule has 3 N–H and O–H groups in total. The standard InChI is InChI=1S/C18H20N2O/c1-3-18(4-2)13-7-5-6-8-15(13)21-16-11-12(17(19)20)9-10-14(16)18/h5-11H,3-4H2,1-2H3,(H3,19,20). The van der Waals surface area contributed by atoms with E-state index in [4.69, 9.17) is 15.9 Å². The molecule has 21 heavy (non-hydrogen) atoms. The Morgan fingerprint density at radius 3 is 2.38 bits per heavy atom. The molecule has 0 bridgehead atoms. The second-order valence-electron chi connectivity index (χ2n) is 5.51. The van der Waals surface area contributed by atoms with Gasteiger partial charge in [-0.3, -0.25) is 5.41 Å². The Morgan fingerprint density at radius 2 is 1.71 bits per heavy atom. The van der Waals surface area contributed by atoms with Crippen LogP contribution < -0.4 is 10.5 Å². The first-order valence-electron chi connectivity index (χ1n) is 7.38. The number of hydrogen-bond acceptors (Lipinski definition) is 2. The maximum absolute atomic E-state index is 7.61. The lowest BCUT2D eigenvalue weighted by Crippen LogP contribution is -2.30. The van der Waals surface area contributed by atoms with Gasteiger partial charge in [0.15, 0.2) is 0 Å². The molecule has 2 aromatic rings. The molecule has 1 aliphatic heterocycles. The highest BCUT2D eigenvalue weighted by molar-refractivity contribution is 5.95. The maximum Gasteiger partial charge on any atom is 0.132 e. The van der Waals surface area contributed by atoms with E-state index in [2.05, 4.69) is 32.0 Å². The minimum atomic E-state index is -0.0283. The Bertz CT molecular complexity index is 702. The number of hydrogen-bond donors (Lipinski definition) is 2. The fraction of sp³-hybridized carbons (Fsp3) is 0.278. The molecular formula is C18H20N2O. The molecule has 3 nitrogen and oxygen atoms in total. The summed E-state index contributed by atoms with van der Waals surface area (Å²) in [5.74, 6) is 1.80. The molecule has 0 saturated carbocycles. The number of benzene rings is 2. The van der Waals surface area contributed by atoms with Crippen molar-refractivity contribution in [2.75, 3.05) is 0 Å². The lowest BCUT2D eigenvalue weighted by Gasteiger charge is -2.39. The van der Waals surface area contributed by atoms with E-state index >= 15 is 0 Å². The molecule has 0 fully saturated rings. The average molecular weight is 280 g/mol. The van der Waals surface area contributed by atoms with Crippen LogP contribution in [0.25, 0.3) is 0 Å². The quantitative estimate of drug-likeness (QED) is 0.654. The predicted molar refractivity (Wildman–Crippen MR) is 85.3 cm³/mol. The number of nitrogens with one attached hydrogen (secondary N) is 1. The predicted octanol–water partition coefficient (Wildman–Crippen LogP) is 4.18. The van der Waals surface area contributed by atoms with Crippen LogP contribution in [0.2, 0.25) is 0 Å². The van der Waals surface area contributed by atoms with Crippen molar-refractivity contribution in [2.45, 2.75) is 32.1 Å². The fourth-order valence-corrected chi connectivity index (χ4v) is 3.40. The average Bonchev–Trinajstić information content (AvgIpc) is 2.52. The van der Waals surface area contributed by atoms with Gasteiger partial charge in [0.25, 0.3) is 0 Å². The number of para-hydroxylation sites is 1. The Kier molecular flexibility index (Phi) is 3.20. The van der Waals surface area contributed by atoms with Gasteiger partial charge >= 0.3 is 0 Å². The molecule has 0 spiro atoms. The van der Waals surface area contributed by atoms with Crippen LogP contribution in [-0.2, 0) is 5.41 Å². The molecule has 3 heteroatoms. The van der Waals surface area contributed by atoms with Crippen molar-refractivity contribution in [1.82, 2.24) is 0 Å². The lowest BCUT2D eigenvalue weighted by atomic mass is 9.68. The van der Waals surface area contributed by atoms with Crippen molar-refractivity contribution in [3.05, 3.63) is 59.2 Å². The van der Waals surface area contributed by atoms with E-state index in [1.807, 2.05) is 24.3 Å². The summed E-state index contributed by atoms with van der Waals surface area (Å²) in [6, 6.07) is 14.1. The molecule has 0 saturated heterocycles. The van der Waals surface area contributed by atoms with E-state index < -0.39 is 0 Å². The summed E-state index contributed by atoms with van der Waals surface area (Å²) >= 11 is 0. The van der Waals surface area contributed by atoms with E-state index in [9.17, 15) is 0 Å². The zero-order chi connectivity index (χ0) is 15.0. The van der Waals surface area contributed by atoms with E-state index in [1.165, 1.54) is 11.1 Å². The summed E-state index contributed by atoms with van der Waals surface area (Å²) in [5, 5.41) is 7.61. The van der Waals surface area contributed by atoms with E-state index in [0.717, 1.165) is 24.3 Å². The van der Waals surface area contributed by atoms with Crippen LogP contribution in [0.5, 0.6) is 11.5 Å². The highest BCUT2D eigenvalue weighted by Gasteiger charge is 2.39. The van der Waals surface area contributed by atoms with Gasteiger partial charge in [-0.05, 0) is 25.0 Å². The third kappa shape index (κ3) is 1.92. The van der Waals surface area contributed by atoms with Crippen LogP contribution in [0.1, 0.15) is 43.4 Å². The van der Waals surface area contributed by atoms with Crippen molar-refractivity contribution in [3.63, 3.8) is 0 Å². The van der Waals surface area contributed by atoms with Gasteiger partial charge in [-0.25, -0.2) is 0 Å². The van der Waals surface area contributed by atoms with Crippen molar-refractivity contribution >= 4 is 5.84 Å². The summed E-state index contributed by atoms with van der Waals surface area (Å²) in [6.45, 7) is 4.43. The first kappa shape index (κ1) is 13.7. The summed E-state index contributed by atoms with van der Waals surface area (Å²) in [6.07, 6.45) is 2.02. The summed E-state index contributed by atoms with van der Waals surface area (Å²) in [4.78, 5) is 0. The molecule has 0 aromatic heterocycles. The highest BCUT2D eigenvalue weighted by Crippen LogP contribution is 2.51. The minimum absolute atomic E-state index is 0.0283. The molecule has 0 unspecified atom stereocenters. The van der Waals surface area contributed by atoms with E-state index in [0.29, 0.717) is 5.56 Å². The summed E-state index contributed by atoms with van der Waals surface area (Å²) < 4.78 is 6.07. The summed E-state index contributed by atoms with van der Waals surface area (Å²) in [7, 11) is 0. The first-order chi connectivity index (χ1) is 10.1. The normalized spacial score (nSPS) is 14.8. The van der Waals surface area contributed by atoms with Gasteiger partial charge in [0.05, 0.1) is 0 Å². The van der Waals surface area contributed by atoms with Gasteiger partial charge in [-0.1, -0.05) is 44.2 Å². The third-order valence-electron chi connectivity index (χ3n) is 4.64. The molecule has 0 atom stereocenters. The Balaban J connectivity index is 2.26. The molecule has 108 valence electrons. The van der Waals surface area contributed by atoms with Crippen LogP contribution in [0.15, 0.2) is 42.5 Å². The van der Waals surface area contributed by atoms with E-state index in [1.54, 1.807) is 0 Å². The van der Waals surface area contributed by atoms with Crippen LogP contribution in [0.3, 0.4) is 0 Å². The lowest BCUT2D eigenvalue weighted by molar-refractivity contribution is 0.374. The van der Waals surface area contributed by atoms with Crippen molar-refractivity contribution < 1.29 is 4.74 Å². The van der Waals surface area contributed by atoms with Gasteiger partial charge in [-0.15, -0.1) is 0 Å². The van der Waals surface area contributed by atoms with Crippen LogP contribution in [-0.4, -0.2) is 5.84 Å². The van der Waals surface area contributed by atoms with E-state index in [-0.39, 0.29) is 11.3 Å². The number of nitrogen functional groups attached to an aromatic ring is 1. The number of rotatable bonds is 3. The van der Waals surface area contributed by atoms with Gasteiger partial charge in [0.2, 0.25) is 0 Å². The Morgan fingerprint density at radius 1 is 1.05 bits per heavy atom. The van der Waals surface area contributed by atoms with Gasteiger partial charge in [0, 0.05) is 22.1 Å². The van der Waals surface area contributed by atoms with Crippen LogP contribution >= 0.6 is 0 Å². The van der Waals surface area contributed by atoms with Crippen molar-refractivity contribution in [1.29, 1.82) is 5.41 Å². The molecule has 2 aromatic carbocycles. The number of nitrogens with two attached hydrogens (primary N) is 1. The van der Waals surface area contributed by atoms with Crippen molar-refractivity contribution in [2.24, 2.45) is 5.73 Å². The van der Waals surface area contributed by atoms with Gasteiger partial charge < -0.3 is 10.5 Å². The molecule has 1 aliphatic rings. The second kappa shape index (κ2) is 4.92. The van der Waals surface area contributed by atoms with Crippen LogP contribution in [0, 0.1) is 5.41 Å². The Hall–Kier alpha value is -2.29. The summed E-state index contributed by atoms with van der Waals surface area (Å²) in [5.41, 5.74) is 8.72. The molecule has 1 heterocycles. The molecule has 0 aliphatic carbocycles. The topological polar surface area (TPSA) is 59.1 Å². The number of fused-ring (bicyclic) bond motifs is 2. The van der Waals surface area contributed by atoms with Gasteiger partial charge in [0.1, 0.15) is 17.3 Å². The maximum atomic E-state index is 7.61. The molecule has 3 rings (SSSR count). The first-order valence-corrected chi connectivity index (χ1v) is 7.38. The number of amidine groups is 1. The molecule has 0 radical (unpaired) electrons. The zero-order valence-corrected chi connectivity index (χ0v) is 12.4. The number of ether oxygens (including phenoxy) is 1. The largest absolute Gasteiger partial charge is 0.457 e.